The Hall–Kier alpha value is -1.39. The summed E-state index contributed by atoms with van der Waals surface area (Å²) in [6, 6.07) is 10.1. The van der Waals surface area contributed by atoms with Gasteiger partial charge in [0.25, 0.3) is 0 Å². The van der Waals surface area contributed by atoms with Crippen molar-refractivity contribution in [3.8, 4) is 5.69 Å². The van der Waals surface area contributed by atoms with Crippen molar-refractivity contribution < 1.29 is 4.74 Å². The summed E-state index contributed by atoms with van der Waals surface area (Å²) in [4.78, 5) is 0. The zero-order chi connectivity index (χ0) is 13.1. The second-order valence-corrected chi connectivity index (χ2v) is 4.90. The molecule has 0 radical (unpaired) electrons. The van der Waals surface area contributed by atoms with Gasteiger partial charge < -0.3 is 4.74 Å². The predicted molar refractivity (Wildman–Crippen MR) is 73.5 cm³/mol. The van der Waals surface area contributed by atoms with Crippen molar-refractivity contribution in [1.29, 1.82) is 0 Å². The number of para-hydroxylation sites is 1. The fraction of sp³-hybridized carbons (Fsp3) is 0.429. The molecule has 1 aromatic heterocycles. The monoisotopic (exact) mass is 277 g/mol. The molecule has 0 aliphatic carbocycles. The van der Waals surface area contributed by atoms with E-state index in [2.05, 4.69) is 10.2 Å². The van der Waals surface area contributed by atoms with Gasteiger partial charge in [-0.25, -0.2) is 0 Å². The summed E-state index contributed by atoms with van der Waals surface area (Å²) in [6.07, 6.45) is 3.31. The number of alkyl halides is 1. The van der Waals surface area contributed by atoms with E-state index in [9.17, 15) is 0 Å². The third kappa shape index (κ3) is 2.51. The lowest BCUT2D eigenvalue weighted by molar-refractivity contribution is 0.00834. The molecule has 1 aromatic carbocycles. The van der Waals surface area contributed by atoms with E-state index < -0.39 is 0 Å². The highest BCUT2D eigenvalue weighted by Crippen LogP contribution is 2.29. The highest BCUT2D eigenvalue weighted by Gasteiger charge is 2.24. The fourth-order valence-corrected chi connectivity index (χ4v) is 2.60. The van der Waals surface area contributed by atoms with Crippen LogP contribution in [0.3, 0.4) is 0 Å². The van der Waals surface area contributed by atoms with Gasteiger partial charge in [-0.3, -0.25) is 4.57 Å². The molecule has 5 heteroatoms. The summed E-state index contributed by atoms with van der Waals surface area (Å²) in [5.41, 5.74) is 1.03. The number of halogens is 1. The van der Waals surface area contributed by atoms with Crippen LogP contribution in [-0.2, 0) is 10.6 Å². The van der Waals surface area contributed by atoms with Crippen LogP contribution in [0, 0.1) is 0 Å². The molecule has 100 valence electrons. The third-order valence-electron chi connectivity index (χ3n) is 3.36. The molecule has 0 amide bonds. The first kappa shape index (κ1) is 12.6. The van der Waals surface area contributed by atoms with Crippen molar-refractivity contribution in [2.45, 2.75) is 31.2 Å². The Labute approximate surface area is 117 Å². The fourth-order valence-electron chi connectivity index (χ4n) is 2.43. The van der Waals surface area contributed by atoms with E-state index in [1.54, 1.807) is 0 Å². The SMILES string of the molecule is ClCc1nnc(C2CCCCO2)n1-c1ccccc1. The van der Waals surface area contributed by atoms with E-state index in [4.69, 9.17) is 16.3 Å². The molecule has 2 heterocycles. The molecule has 0 N–H and O–H groups in total. The lowest BCUT2D eigenvalue weighted by atomic mass is 10.1. The first-order chi connectivity index (χ1) is 9.40. The highest BCUT2D eigenvalue weighted by molar-refractivity contribution is 6.16. The Morgan fingerprint density at radius 3 is 2.74 bits per heavy atom. The number of aromatic nitrogens is 3. The Morgan fingerprint density at radius 1 is 1.21 bits per heavy atom. The molecular formula is C14H16ClN3O. The molecule has 19 heavy (non-hydrogen) atoms. The molecule has 0 saturated carbocycles. The molecule has 1 fully saturated rings. The van der Waals surface area contributed by atoms with Crippen LogP contribution in [0.25, 0.3) is 5.69 Å². The lowest BCUT2D eigenvalue weighted by Gasteiger charge is -2.22. The number of rotatable bonds is 3. The van der Waals surface area contributed by atoms with Crippen molar-refractivity contribution in [3.63, 3.8) is 0 Å². The standard InChI is InChI=1S/C14H16ClN3O/c15-10-13-16-17-14(12-8-4-5-9-19-12)18(13)11-6-2-1-3-7-11/h1-3,6-7,12H,4-5,8-10H2. The molecule has 4 nitrogen and oxygen atoms in total. The minimum Gasteiger partial charge on any atom is -0.370 e. The average molecular weight is 278 g/mol. The second-order valence-electron chi connectivity index (χ2n) is 4.63. The van der Waals surface area contributed by atoms with Gasteiger partial charge in [-0.1, -0.05) is 18.2 Å². The maximum Gasteiger partial charge on any atom is 0.166 e. The van der Waals surface area contributed by atoms with Crippen LogP contribution >= 0.6 is 11.6 Å². The molecule has 1 atom stereocenters. The Kier molecular flexibility index (Phi) is 3.80. The van der Waals surface area contributed by atoms with Crippen LogP contribution in [0.4, 0.5) is 0 Å². The molecule has 1 unspecified atom stereocenters. The molecular weight excluding hydrogens is 262 g/mol. The summed E-state index contributed by atoms with van der Waals surface area (Å²) < 4.78 is 7.83. The molecule has 2 aromatic rings. The average Bonchev–Trinajstić information content (AvgIpc) is 2.93. The normalized spacial score (nSPS) is 19.5. The zero-order valence-corrected chi connectivity index (χ0v) is 11.4. The number of hydrogen-bond acceptors (Lipinski definition) is 3. The highest BCUT2D eigenvalue weighted by atomic mass is 35.5. The Balaban J connectivity index is 2.03. The number of ether oxygens (including phenoxy) is 1. The summed E-state index contributed by atoms with van der Waals surface area (Å²) in [5.74, 6) is 1.97. The molecule has 3 rings (SSSR count). The van der Waals surface area contributed by atoms with E-state index in [0.717, 1.165) is 36.8 Å². The van der Waals surface area contributed by atoms with Crippen molar-refractivity contribution in [2.75, 3.05) is 6.61 Å². The van der Waals surface area contributed by atoms with Crippen LogP contribution in [0.15, 0.2) is 30.3 Å². The maximum atomic E-state index is 5.97. The van der Waals surface area contributed by atoms with E-state index in [1.807, 2.05) is 34.9 Å². The maximum absolute atomic E-state index is 5.97. The minimum absolute atomic E-state index is 0.0263. The summed E-state index contributed by atoms with van der Waals surface area (Å²) in [7, 11) is 0. The quantitative estimate of drug-likeness (QED) is 0.809. The lowest BCUT2D eigenvalue weighted by Crippen LogP contribution is -2.16. The zero-order valence-electron chi connectivity index (χ0n) is 10.6. The first-order valence-corrected chi connectivity index (χ1v) is 7.11. The van der Waals surface area contributed by atoms with Gasteiger partial charge in [-0.2, -0.15) is 0 Å². The van der Waals surface area contributed by atoms with Crippen LogP contribution in [0.2, 0.25) is 0 Å². The largest absolute Gasteiger partial charge is 0.370 e. The van der Waals surface area contributed by atoms with Crippen molar-refractivity contribution in [2.24, 2.45) is 0 Å². The van der Waals surface area contributed by atoms with Gasteiger partial charge >= 0.3 is 0 Å². The van der Waals surface area contributed by atoms with E-state index >= 15 is 0 Å². The minimum atomic E-state index is 0.0263. The van der Waals surface area contributed by atoms with Gasteiger partial charge in [0, 0.05) is 12.3 Å². The van der Waals surface area contributed by atoms with Gasteiger partial charge in [0.1, 0.15) is 6.10 Å². The predicted octanol–water partition coefficient (Wildman–Crippen LogP) is 3.25. The van der Waals surface area contributed by atoms with Gasteiger partial charge in [0.05, 0.1) is 5.88 Å². The van der Waals surface area contributed by atoms with Crippen LogP contribution in [0.1, 0.15) is 37.0 Å². The molecule has 0 spiro atoms. The second kappa shape index (κ2) is 5.72. The topological polar surface area (TPSA) is 39.9 Å². The van der Waals surface area contributed by atoms with Crippen LogP contribution in [-0.4, -0.2) is 21.4 Å². The van der Waals surface area contributed by atoms with Crippen molar-refractivity contribution in [1.82, 2.24) is 14.8 Å². The van der Waals surface area contributed by atoms with Gasteiger partial charge in [-0.05, 0) is 31.4 Å². The number of benzene rings is 1. The summed E-state index contributed by atoms with van der Waals surface area (Å²) in [5, 5.41) is 8.48. The van der Waals surface area contributed by atoms with Gasteiger partial charge in [0.2, 0.25) is 0 Å². The van der Waals surface area contributed by atoms with E-state index in [0.29, 0.717) is 5.88 Å². The smallest absolute Gasteiger partial charge is 0.166 e. The van der Waals surface area contributed by atoms with Gasteiger partial charge in [0.15, 0.2) is 11.6 Å². The van der Waals surface area contributed by atoms with Crippen LogP contribution in [0.5, 0.6) is 0 Å². The Bertz CT molecular complexity index is 535. The van der Waals surface area contributed by atoms with Crippen molar-refractivity contribution in [3.05, 3.63) is 42.0 Å². The third-order valence-corrected chi connectivity index (χ3v) is 3.60. The van der Waals surface area contributed by atoms with Gasteiger partial charge in [-0.15, -0.1) is 21.8 Å². The summed E-state index contributed by atoms with van der Waals surface area (Å²) in [6.45, 7) is 0.794. The summed E-state index contributed by atoms with van der Waals surface area (Å²) >= 11 is 5.97. The number of nitrogens with zero attached hydrogens (tertiary/aromatic N) is 3. The van der Waals surface area contributed by atoms with Crippen LogP contribution < -0.4 is 0 Å². The van der Waals surface area contributed by atoms with Crippen molar-refractivity contribution >= 4 is 11.6 Å². The van der Waals surface area contributed by atoms with E-state index in [-0.39, 0.29) is 6.10 Å². The first-order valence-electron chi connectivity index (χ1n) is 6.57. The van der Waals surface area contributed by atoms with E-state index in [1.165, 1.54) is 6.42 Å². The molecule has 1 aliphatic heterocycles. The molecule has 0 bridgehead atoms. The Morgan fingerprint density at radius 2 is 2.05 bits per heavy atom. The molecule has 1 aliphatic rings. The number of hydrogen-bond donors (Lipinski definition) is 0. The molecule has 1 saturated heterocycles.